The molecule has 3 unspecified atom stereocenters. The standard InChI is InChI=1S/C32H32F3N3O4.ClH/c1-37(26(40)10-7-18-3-2-4-21(13-18)32(33,34)35)23-11-12-31(41)25-14-20-8-9-24(39)28-27(20)30(31,29(23)42-28)15-22(16-36)38(25)17-19-5-6-19;/h2-4,7-10,13,19,22-23,25,29,39,41H,5-6,11-12,14-15,17H2,1H3;1H/b10-7+;/t22?,23?,25-,29?,30+,31-;/m1./s1. The third kappa shape index (κ3) is 4.34. The Morgan fingerprint density at radius 1 is 1.26 bits per heavy atom. The van der Waals surface area contributed by atoms with Crippen LogP contribution >= 0.6 is 12.4 Å². The SMILES string of the molecule is CN(C(=O)/C=C/c1cccc(C(F)(F)F)c1)C1CC[C@@]2(O)[C@H]3Cc4ccc(O)c5c4[C@@]2(CC(C#N)N3CC2CC2)C1O5.Cl. The summed E-state index contributed by atoms with van der Waals surface area (Å²) in [5, 5.41) is 33.9. The van der Waals surface area contributed by atoms with E-state index >= 15 is 0 Å². The van der Waals surface area contributed by atoms with E-state index < -0.39 is 46.9 Å². The fourth-order valence-corrected chi connectivity index (χ4v) is 8.28. The number of rotatable bonds is 5. The number of phenols is 1. The van der Waals surface area contributed by atoms with Crippen LogP contribution in [0.2, 0.25) is 0 Å². The molecule has 1 saturated heterocycles. The molecule has 3 fully saturated rings. The minimum Gasteiger partial charge on any atom is -0.504 e. The number of amides is 1. The zero-order valence-corrected chi connectivity index (χ0v) is 24.4. The number of hydrogen-bond donors (Lipinski definition) is 2. The van der Waals surface area contributed by atoms with Gasteiger partial charge in [-0.2, -0.15) is 18.4 Å². The van der Waals surface area contributed by atoms with Gasteiger partial charge in [0.25, 0.3) is 0 Å². The lowest BCUT2D eigenvalue weighted by molar-refractivity contribution is -0.207. The zero-order chi connectivity index (χ0) is 29.6. The highest BCUT2D eigenvalue weighted by Gasteiger charge is 2.75. The lowest BCUT2D eigenvalue weighted by atomic mass is 9.47. The minimum atomic E-state index is -4.49. The van der Waals surface area contributed by atoms with E-state index in [9.17, 15) is 33.4 Å². The largest absolute Gasteiger partial charge is 0.504 e. The molecular formula is C32H33ClF3N3O4. The number of aromatic hydroxyl groups is 1. The fourth-order valence-electron chi connectivity index (χ4n) is 8.28. The monoisotopic (exact) mass is 615 g/mol. The summed E-state index contributed by atoms with van der Waals surface area (Å²) in [5.41, 5.74) is -1.03. The summed E-state index contributed by atoms with van der Waals surface area (Å²) >= 11 is 0. The molecule has 2 saturated carbocycles. The Balaban J connectivity index is 0.00000329. The van der Waals surface area contributed by atoms with Crippen LogP contribution in [0.15, 0.2) is 42.5 Å². The van der Waals surface area contributed by atoms with Crippen molar-refractivity contribution in [3.05, 3.63) is 64.7 Å². The van der Waals surface area contributed by atoms with E-state index in [0.717, 1.165) is 42.6 Å². The van der Waals surface area contributed by atoms with Gasteiger partial charge in [0.1, 0.15) is 6.10 Å². The number of benzene rings is 2. The molecule has 2 bridgehead atoms. The van der Waals surface area contributed by atoms with E-state index in [2.05, 4.69) is 11.0 Å². The number of ether oxygens (including phenoxy) is 1. The summed E-state index contributed by atoms with van der Waals surface area (Å²) < 4.78 is 46.0. The summed E-state index contributed by atoms with van der Waals surface area (Å²) in [5.74, 6) is 0.381. The number of alkyl halides is 3. The molecule has 1 spiro atoms. The number of likely N-dealkylation sites (tertiary alicyclic amines) is 1. The van der Waals surface area contributed by atoms with Crippen molar-refractivity contribution < 1.29 is 32.9 Å². The predicted octanol–water partition coefficient (Wildman–Crippen LogP) is 4.83. The highest BCUT2D eigenvalue weighted by Crippen LogP contribution is 2.66. The molecule has 2 heterocycles. The van der Waals surface area contributed by atoms with Crippen LogP contribution in [0.5, 0.6) is 11.5 Å². The Kier molecular flexibility index (Phi) is 7.03. The average Bonchev–Trinajstić information content (AvgIpc) is 3.71. The first kappa shape index (κ1) is 29.8. The van der Waals surface area contributed by atoms with E-state index in [1.54, 1.807) is 13.1 Å². The molecule has 3 aliphatic carbocycles. The second-order valence-corrected chi connectivity index (χ2v) is 12.6. The van der Waals surface area contributed by atoms with Gasteiger partial charge in [-0.1, -0.05) is 18.2 Å². The molecule has 2 aromatic rings. The van der Waals surface area contributed by atoms with Gasteiger partial charge in [0.15, 0.2) is 11.5 Å². The van der Waals surface area contributed by atoms with Crippen molar-refractivity contribution in [3.8, 4) is 17.6 Å². The lowest BCUT2D eigenvalue weighted by Crippen LogP contribution is -2.79. The molecule has 2 aliphatic heterocycles. The van der Waals surface area contributed by atoms with Gasteiger partial charge < -0.3 is 19.8 Å². The summed E-state index contributed by atoms with van der Waals surface area (Å²) in [7, 11) is 1.63. The third-order valence-corrected chi connectivity index (χ3v) is 10.4. The number of phenolic OH excluding ortho intramolecular Hbond substituents is 1. The molecule has 11 heteroatoms. The van der Waals surface area contributed by atoms with E-state index in [1.807, 2.05) is 6.07 Å². The molecule has 7 nitrogen and oxygen atoms in total. The molecule has 0 radical (unpaired) electrons. The number of likely N-dealkylation sites (N-methyl/N-ethyl adjacent to an activating group) is 1. The number of nitriles is 1. The van der Waals surface area contributed by atoms with Crippen molar-refractivity contribution in [2.75, 3.05) is 13.6 Å². The normalized spacial score (nSPS) is 32.4. The van der Waals surface area contributed by atoms with Crippen LogP contribution in [0.25, 0.3) is 6.08 Å². The zero-order valence-electron chi connectivity index (χ0n) is 23.6. The molecule has 2 aromatic carbocycles. The average molecular weight is 616 g/mol. The number of piperidine rings is 1. The van der Waals surface area contributed by atoms with Gasteiger partial charge in [0.2, 0.25) is 5.91 Å². The third-order valence-electron chi connectivity index (χ3n) is 10.4. The number of aliphatic hydroxyl groups is 1. The van der Waals surface area contributed by atoms with Gasteiger partial charge in [0, 0.05) is 31.3 Å². The Morgan fingerprint density at radius 3 is 2.72 bits per heavy atom. The maximum atomic E-state index is 13.4. The summed E-state index contributed by atoms with van der Waals surface area (Å²) in [6, 6.07) is 9.50. The Labute approximate surface area is 253 Å². The van der Waals surface area contributed by atoms with Crippen molar-refractivity contribution in [2.45, 2.75) is 79.9 Å². The van der Waals surface area contributed by atoms with Crippen molar-refractivity contribution >= 4 is 24.4 Å². The summed E-state index contributed by atoms with van der Waals surface area (Å²) in [4.78, 5) is 17.1. The predicted molar refractivity (Wildman–Crippen MR) is 154 cm³/mol. The quantitative estimate of drug-likeness (QED) is 0.468. The number of carbonyl (C=O) groups excluding carboxylic acids is 1. The Hall–Kier alpha value is -3.26. The molecule has 6 atom stereocenters. The van der Waals surface area contributed by atoms with Gasteiger partial charge in [0.05, 0.1) is 34.7 Å². The maximum absolute atomic E-state index is 13.4. The molecule has 7 rings (SSSR count). The number of halogens is 4. The molecule has 43 heavy (non-hydrogen) atoms. The van der Waals surface area contributed by atoms with Crippen LogP contribution < -0.4 is 4.74 Å². The maximum Gasteiger partial charge on any atom is 0.416 e. The smallest absolute Gasteiger partial charge is 0.416 e. The van der Waals surface area contributed by atoms with E-state index in [-0.39, 0.29) is 29.8 Å². The first-order valence-corrected chi connectivity index (χ1v) is 14.5. The Bertz CT molecular complexity index is 1540. The number of nitrogens with zero attached hydrogens (tertiary/aromatic N) is 3. The topological polar surface area (TPSA) is 97.0 Å². The van der Waals surface area contributed by atoms with E-state index in [0.29, 0.717) is 37.4 Å². The molecule has 2 N–H and O–H groups in total. The van der Waals surface area contributed by atoms with Crippen LogP contribution in [-0.4, -0.2) is 69.3 Å². The second-order valence-electron chi connectivity index (χ2n) is 12.6. The lowest BCUT2D eigenvalue weighted by Gasteiger charge is -2.65. The van der Waals surface area contributed by atoms with Crippen LogP contribution in [0.3, 0.4) is 0 Å². The van der Waals surface area contributed by atoms with E-state index in [1.165, 1.54) is 29.2 Å². The van der Waals surface area contributed by atoms with Crippen molar-refractivity contribution in [3.63, 3.8) is 0 Å². The van der Waals surface area contributed by atoms with Crippen molar-refractivity contribution in [2.24, 2.45) is 5.92 Å². The van der Waals surface area contributed by atoms with Crippen LogP contribution in [0.4, 0.5) is 13.2 Å². The number of carbonyl (C=O) groups is 1. The van der Waals surface area contributed by atoms with Gasteiger partial charge in [-0.3, -0.25) is 9.69 Å². The fraction of sp³-hybridized carbons (Fsp3) is 0.500. The molecule has 0 aromatic heterocycles. The Morgan fingerprint density at radius 2 is 2.02 bits per heavy atom. The highest BCUT2D eigenvalue weighted by molar-refractivity contribution is 5.92. The molecule has 5 aliphatic rings. The van der Waals surface area contributed by atoms with Gasteiger partial charge >= 0.3 is 6.18 Å². The minimum absolute atomic E-state index is 0. The van der Waals surface area contributed by atoms with Crippen LogP contribution in [0.1, 0.15) is 54.4 Å². The van der Waals surface area contributed by atoms with Crippen LogP contribution in [-0.2, 0) is 22.8 Å². The summed E-state index contributed by atoms with van der Waals surface area (Å²) in [6.45, 7) is 0.759. The molecular weight excluding hydrogens is 583 g/mol. The van der Waals surface area contributed by atoms with Crippen molar-refractivity contribution in [1.29, 1.82) is 5.26 Å². The second kappa shape index (κ2) is 10.1. The number of hydrogen-bond acceptors (Lipinski definition) is 6. The van der Waals surface area contributed by atoms with Gasteiger partial charge in [-0.25, -0.2) is 0 Å². The van der Waals surface area contributed by atoms with Gasteiger partial charge in [-0.15, -0.1) is 12.4 Å². The van der Waals surface area contributed by atoms with Crippen molar-refractivity contribution in [1.82, 2.24) is 9.80 Å². The first-order valence-electron chi connectivity index (χ1n) is 14.5. The summed E-state index contributed by atoms with van der Waals surface area (Å²) in [6.07, 6.45) is 1.31. The highest BCUT2D eigenvalue weighted by atomic mass is 35.5. The first-order chi connectivity index (χ1) is 20.0. The molecule has 1 amide bonds. The van der Waals surface area contributed by atoms with E-state index in [4.69, 9.17) is 4.74 Å². The molecule has 228 valence electrons. The van der Waals surface area contributed by atoms with Crippen LogP contribution in [0, 0.1) is 17.2 Å². The van der Waals surface area contributed by atoms with Gasteiger partial charge in [-0.05, 0) is 79.8 Å².